The first-order valence-corrected chi connectivity index (χ1v) is 10.1. The Kier molecular flexibility index (Phi) is 6.88. The van der Waals surface area contributed by atoms with Gasteiger partial charge < -0.3 is 19.5 Å². The highest BCUT2D eigenvalue weighted by Crippen LogP contribution is 2.43. The average molecular weight is 440 g/mol. The molecule has 156 valence electrons. The standard InChI is InChI=1S/C21H23Cl2NO5/c1-11-16(20(25)27-3)18(14-7-4-8-15(22)19(14)23)17(12(2)24-11)21(26)29-10-13-6-5-9-28-13/h4,7-8,13,18,24H,5-6,9-10H2,1-3H3. The monoisotopic (exact) mass is 439 g/mol. The van der Waals surface area contributed by atoms with Gasteiger partial charge in [-0.2, -0.15) is 0 Å². The van der Waals surface area contributed by atoms with E-state index in [2.05, 4.69) is 5.32 Å². The Hall–Kier alpha value is -2.02. The van der Waals surface area contributed by atoms with Crippen LogP contribution in [0.1, 0.15) is 38.2 Å². The molecule has 1 saturated heterocycles. The molecule has 1 aromatic carbocycles. The van der Waals surface area contributed by atoms with Crippen molar-refractivity contribution in [1.82, 2.24) is 5.32 Å². The van der Waals surface area contributed by atoms with Crippen molar-refractivity contribution >= 4 is 35.1 Å². The van der Waals surface area contributed by atoms with Crippen molar-refractivity contribution in [3.05, 3.63) is 56.3 Å². The van der Waals surface area contributed by atoms with E-state index in [9.17, 15) is 9.59 Å². The molecule has 2 atom stereocenters. The summed E-state index contributed by atoms with van der Waals surface area (Å²) in [5.41, 5.74) is 2.26. The minimum atomic E-state index is -0.771. The summed E-state index contributed by atoms with van der Waals surface area (Å²) in [6, 6.07) is 5.11. The Bertz CT molecular complexity index is 887. The van der Waals surface area contributed by atoms with Crippen molar-refractivity contribution in [2.45, 2.75) is 38.7 Å². The van der Waals surface area contributed by atoms with Crippen molar-refractivity contribution < 1.29 is 23.8 Å². The zero-order valence-corrected chi connectivity index (χ0v) is 18.0. The summed E-state index contributed by atoms with van der Waals surface area (Å²) in [5, 5.41) is 3.69. The predicted molar refractivity (Wildman–Crippen MR) is 110 cm³/mol. The van der Waals surface area contributed by atoms with Gasteiger partial charge >= 0.3 is 11.9 Å². The molecule has 0 aromatic heterocycles. The smallest absolute Gasteiger partial charge is 0.336 e. The zero-order valence-electron chi connectivity index (χ0n) is 16.5. The van der Waals surface area contributed by atoms with Gasteiger partial charge in [-0.1, -0.05) is 35.3 Å². The van der Waals surface area contributed by atoms with Gasteiger partial charge in [-0.15, -0.1) is 0 Å². The Balaban J connectivity index is 2.03. The van der Waals surface area contributed by atoms with Gasteiger partial charge in [0.05, 0.1) is 40.3 Å². The normalized spacial score (nSPS) is 21.8. The number of halogens is 2. The molecule has 2 heterocycles. The zero-order chi connectivity index (χ0) is 21.1. The van der Waals surface area contributed by atoms with Crippen molar-refractivity contribution in [3.8, 4) is 0 Å². The first-order valence-electron chi connectivity index (χ1n) is 9.34. The van der Waals surface area contributed by atoms with E-state index in [1.54, 1.807) is 32.0 Å². The van der Waals surface area contributed by atoms with Crippen molar-refractivity contribution in [3.63, 3.8) is 0 Å². The fraction of sp³-hybridized carbons (Fsp3) is 0.429. The maximum Gasteiger partial charge on any atom is 0.336 e. The van der Waals surface area contributed by atoms with Crippen LogP contribution in [0.5, 0.6) is 0 Å². The second kappa shape index (κ2) is 9.20. The summed E-state index contributed by atoms with van der Waals surface area (Å²) in [6.45, 7) is 4.32. The van der Waals surface area contributed by atoms with Crippen molar-refractivity contribution in [1.29, 1.82) is 0 Å². The van der Waals surface area contributed by atoms with E-state index in [1.807, 2.05) is 0 Å². The van der Waals surface area contributed by atoms with Crippen molar-refractivity contribution in [2.24, 2.45) is 0 Å². The van der Waals surface area contributed by atoms with Gasteiger partial charge in [0, 0.05) is 18.0 Å². The number of nitrogens with one attached hydrogen (secondary N) is 1. The van der Waals surface area contributed by atoms with Crippen LogP contribution in [0.25, 0.3) is 0 Å². The lowest BCUT2D eigenvalue weighted by molar-refractivity contribution is -0.142. The second-order valence-corrected chi connectivity index (χ2v) is 7.79. The molecule has 6 nitrogen and oxygen atoms in total. The second-order valence-electron chi connectivity index (χ2n) is 7.00. The minimum Gasteiger partial charge on any atom is -0.466 e. The molecule has 2 aliphatic heterocycles. The quantitative estimate of drug-likeness (QED) is 0.695. The third kappa shape index (κ3) is 4.44. The molecule has 29 heavy (non-hydrogen) atoms. The van der Waals surface area contributed by atoms with Crippen molar-refractivity contribution in [2.75, 3.05) is 20.3 Å². The predicted octanol–water partition coefficient (Wildman–Crippen LogP) is 4.12. The van der Waals surface area contributed by atoms with E-state index in [-0.39, 0.29) is 28.9 Å². The van der Waals surface area contributed by atoms with Crippen LogP contribution in [0, 0.1) is 0 Å². The minimum absolute atomic E-state index is 0.109. The van der Waals surface area contributed by atoms with Crippen LogP contribution < -0.4 is 5.32 Å². The molecule has 0 radical (unpaired) electrons. The maximum atomic E-state index is 13.1. The highest BCUT2D eigenvalue weighted by atomic mass is 35.5. The summed E-state index contributed by atoms with van der Waals surface area (Å²) in [4.78, 5) is 25.7. The van der Waals surface area contributed by atoms with Gasteiger partial charge in [0.1, 0.15) is 6.61 Å². The lowest BCUT2D eigenvalue weighted by Crippen LogP contribution is -2.33. The summed E-state index contributed by atoms with van der Waals surface area (Å²) < 4.78 is 16.0. The molecule has 0 saturated carbocycles. The molecule has 1 N–H and O–H groups in total. The highest BCUT2D eigenvalue weighted by Gasteiger charge is 2.39. The summed E-state index contributed by atoms with van der Waals surface area (Å²) in [7, 11) is 1.29. The fourth-order valence-electron chi connectivity index (χ4n) is 3.72. The van der Waals surface area contributed by atoms with Gasteiger partial charge in [0.2, 0.25) is 0 Å². The molecule has 2 unspecified atom stereocenters. The van der Waals surface area contributed by atoms with Crippen LogP contribution >= 0.6 is 23.2 Å². The van der Waals surface area contributed by atoms with E-state index in [1.165, 1.54) is 7.11 Å². The Morgan fingerprint density at radius 2 is 1.86 bits per heavy atom. The fourth-order valence-corrected chi connectivity index (χ4v) is 4.14. The van der Waals surface area contributed by atoms with E-state index >= 15 is 0 Å². The van der Waals surface area contributed by atoms with Crippen LogP contribution in [0.4, 0.5) is 0 Å². The summed E-state index contributed by atoms with van der Waals surface area (Å²) in [6.07, 6.45) is 1.68. The van der Waals surface area contributed by atoms with E-state index in [0.29, 0.717) is 28.6 Å². The Morgan fingerprint density at radius 1 is 1.17 bits per heavy atom. The third-order valence-electron chi connectivity index (χ3n) is 5.10. The lowest BCUT2D eigenvalue weighted by atomic mass is 9.80. The largest absolute Gasteiger partial charge is 0.466 e. The van der Waals surface area contributed by atoms with E-state index in [0.717, 1.165) is 12.8 Å². The third-order valence-corrected chi connectivity index (χ3v) is 5.94. The number of ether oxygens (including phenoxy) is 3. The van der Waals surface area contributed by atoms with Gasteiger partial charge in [-0.25, -0.2) is 9.59 Å². The van der Waals surface area contributed by atoms with Gasteiger partial charge in [0.25, 0.3) is 0 Å². The summed E-state index contributed by atoms with van der Waals surface area (Å²) >= 11 is 12.7. The van der Waals surface area contributed by atoms with Crippen LogP contribution in [-0.2, 0) is 23.8 Å². The molecule has 3 rings (SSSR count). The molecular weight excluding hydrogens is 417 g/mol. The number of hydrogen-bond donors (Lipinski definition) is 1. The number of allylic oxidation sites excluding steroid dienone is 2. The molecule has 0 amide bonds. The van der Waals surface area contributed by atoms with Crippen LogP contribution in [0.3, 0.4) is 0 Å². The number of methoxy groups -OCH3 is 1. The van der Waals surface area contributed by atoms with E-state index in [4.69, 9.17) is 37.4 Å². The number of rotatable bonds is 5. The number of carbonyl (C=O) groups is 2. The Morgan fingerprint density at radius 3 is 2.48 bits per heavy atom. The first-order chi connectivity index (χ1) is 13.8. The molecular formula is C21H23Cl2NO5. The number of dihydropyridines is 1. The highest BCUT2D eigenvalue weighted by molar-refractivity contribution is 6.42. The maximum absolute atomic E-state index is 13.1. The van der Waals surface area contributed by atoms with Gasteiger partial charge in [-0.3, -0.25) is 0 Å². The molecule has 2 aliphatic rings. The number of hydrogen-bond acceptors (Lipinski definition) is 6. The van der Waals surface area contributed by atoms with Gasteiger partial charge in [-0.05, 0) is 38.3 Å². The van der Waals surface area contributed by atoms with E-state index < -0.39 is 17.9 Å². The summed E-state index contributed by atoms with van der Waals surface area (Å²) in [5.74, 6) is -1.87. The number of carbonyl (C=O) groups excluding carboxylic acids is 2. The average Bonchev–Trinajstić information content (AvgIpc) is 3.21. The topological polar surface area (TPSA) is 73.9 Å². The van der Waals surface area contributed by atoms with Crippen LogP contribution in [-0.4, -0.2) is 38.4 Å². The Labute approximate surface area is 179 Å². The number of esters is 2. The molecule has 1 aromatic rings. The molecule has 0 bridgehead atoms. The molecule has 8 heteroatoms. The lowest BCUT2D eigenvalue weighted by Gasteiger charge is -2.31. The molecule has 1 fully saturated rings. The SMILES string of the molecule is COC(=O)C1=C(C)NC(C)=C(C(=O)OCC2CCCO2)C1c1cccc(Cl)c1Cl. The van der Waals surface area contributed by atoms with Gasteiger partial charge in [0.15, 0.2) is 0 Å². The molecule has 0 spiro atoms. The van der Waals surface area contributed by atoms with Crippen LogP contribution in [0.15, 0.2) is 40.7 Å². The first kappa shape index (κ1) is 21.7. The van der Waals surface area contributed by atoms with Crippen LogP contribution in [0.2, 0.25) is 10.0 Å². The molecule has 0 aliphatic carbocycles. The number of benzene rings is 1.